The first-order chi connectivity index (χ1) is 6.91. The van der Waals surface area contributed by atoms with Crippen LogP contribution in [0.1, 0.15) is 32.3 Å². The molecule has 0 aliphatic rings. The van der Waals surface area contributed by atoms with E-state index in [1.165, 1.54) is 0 Å². The zero-order valence-corrected chi connectivity index (χ0v) is 11.5. The Hall–Kier alpha value is -0.640. The predicted octanol–water partition coefficient (Wildman–Crippen LogP) is 3.31. The molecule has 0 fully saturated rings. The van der Waals surface area contributed by atoms with Gasteiger partial charge in [-0.2, -0.15) is 0 Å². The lowest BCUT2D eigenvalue weighted by Gasteiger charge is -2.19. The van der Waals surface area contributed by atoms with Crippen molar-refractivity contribution >= 4 is 21.7 Å². The van der Waals surface area contributed by atoms with E-state index in [1.54, 1.807) is 0 Å². The van der Waals surface area contributed by atoms with Crippen LogP contribution in [0.2, 0.25) is 0 Å². The van der Waals surface area contributed by atoms with Gasteiger partial charge in [0.05, 0.1) is 10.2 Å². The van der Waals surface area contributed by atoms with Gasteiger partial charge in [0.2, 0.25) is 0 Å². The lowest BCUT2D eigenvalue weighted by molar-refractivity contribution is 0.557. The van der Waals surface area contributed by atoms with E-state index in [1.807, 2.05) is 13.8 Å². The molecule has 1 aromatic heterocycles. The lowest BCUT2D eigenvalue weighted by atomic mass is 10.1. The molecule has 3 nitrogen and oxygen atoms in total. The highest BCUT2D eigenvalue weighted by atomic mass is 79.9. The summed E-state index contributed by atoms with van der Waals surface area (Å²) in [5, 5.41) is 3.39. The number of halogens is 1. The van der Waals surface area contributed by atoms with Crippen LogP contribution in [0.15, 0.2) is 4.47 Å². The van der Waals surface area contributed by atoms with Crippen molar-refractivity contribution in [3.05, 3.63) is 16.0 Å². The van der Waals surface area contributed by atoms with Gasteiger partial charge in [-0.05, 0) is 42.6 Å². The molecule has 1 heterocycles. The summed E-state index contributed by atoms with van der Waals surface area (Å²) in [5.41, 5.74) is 0.973. The summed E-state index contributed by atoms with van der Waals surface area (Å²) < 4.78 is 0.959. The Morgan fingerprint density at radius 1 is 1.13 bits per heavy atom. The Balaban J connectivity index is 2.94. The lowest BCUT2D eigenvalue weighted by Crippen LogP contribution is -2.22. The number of hydrogen-bond acceptors (Lipinski definition) is 3. The predicted molar refractivity (Wildman–Crippen MR) is 67.1 cm³/mol. The molecule has 1 rings (SSSR count). The standard InChI is InChI=1S/C11H18BrN3/c1-6(2)7(3)14-11-10(12)8(4)13-9(5)15-11/h6-7H,1-5H3,(H,13,14,15). The van der Waals surface area contributed by atoms with Gasteiger partial charge < -0.3 is 5.32 Å². The average Bonchev–Trinajstić information content (AvgIpc) is 2.13. The second kappa shape index (κ2) is 4.92. The molecule has 84 valence electrons. The van der Waals surface area contributed by atoms with Crippen LogP contribution in [-0.4, -0.2) is 16.0 Å². The molecule has 0 spiro atoms. The maximum absolute atomic E-state index is 4.39. The Bertz CT molecular complexity index is 350. The fraction of sp³-hybridized carbons (Fsp3) is 0.636. The Morgan fingerprint density at radius 2 is 1.73 bits per heavy atom. The van der Waals surface area contributed by atoms with Crippen LogP contribution < -0.4 is 5.32 Å². The minimum atomic E-state index is 0.398. The Labute approximate surface area is 99.8 Å². The van der Waals surface area contributed by atoms with Gasteiger partial charge >= 0.3 is 0 Å². The highest BCUT2D eigenvalue weighted by Gasteiger charge is 2.12. The summed E-state index contributed by atoms with van der Waals surface area (Å²) >= 11 is 3.50. The van der Waals surface area contributed by atoms with Crippen molar-refractivity contribution in [2.24, 2.45) is 5.92 Å². The highest BCUT2D eigenvalue weighted by molar-refractivity contribution is 9.10. The van der Waals surface area contributed by atoms with Gasteiger partial charge in [-0.15, -0.1) is 0 Å². The molecule has 0 aliphatic heterocycles. The molecule has 0 amide bonds. The first kappa shape index (κ1) is 12.4. The third-order valence-electron chi connectivity index (χ3n) is 2.49. The van der Waals surface area contributed by atoms with Crippen LogP contribution in [0.25, 0.3) is 0 Å². The maximum Gasteiger partial charge on any atom is 0.144 e. The minimum Gasteiger partial charge on any atom is -0.366 e. The molecule has 0 bridgehead atoms. The largest absolute Gasteiger partial charge is 0.366 e. The normalized spacial score (nSPS) is 13.0. The minimum absolute atomic E-state index is 0.398. The van der Waals surface area contributed by atoms with Crippen LogP contribution in [-0.2, 0) is 0 Å². The van der Waals surface area contributed by atoms with Crippen molar-refractivity contribution in [3.8, 4) is 0 Å². The summed E-state index contributed by atoms with van der Waals surface area (Å²) in [6.45, 7) is 10.4. The zero-order chi connectivity index (χ0) is 11.6. The first-order valence-corrected chi connectivity index (χ1v) is 5.98. The monoisotopic (exact) mass is 271 g/mol. The number of anilines is 1. The van der Waals surface area contributed by atoms with E-state index in [-0.39, 0.29) is 0 Å². The number of nitrogens with zero attached hydrogens (tertiary/aromatic N) is 2. The molecule has 0 aromatic carbocycles. The van der Waals surface area contributed by atoms with Gasteiger partial charge in [0.25, 0.3) is 0 Å². The summed E-state index contributed by atoms with van der Waals surface area (Å²) in [6, 6.07) is 0.398. The van der Waals surface area contributed by atoms with E-state index in [4.69, 9.17) is 0 Å². The van der Waals surface area contributed by atoms with Gasteiger partial charge in [-0.25, -0.2) is 9.97 Å². The second-order valence-corrected chi connectivity index (χ2v) is 4.99. The first-order valence-electron chi connectivity index (χ1n) is 5.19. The number of nitrogens with one attached hydrogen (secondary N) is 1. The van der Waals surface area contributed by atoms with Crippen molar-refractivity contribution in [2.75, 3.05) is 5.32 Å². The van der Waals surface area contributed by atoms with Crippen molar-refractivity contribution in [2.45, 2.75) is 40.7 Å². The Kier molecular flexibility index (Phi) is 4.08. The third-order valence-corrected chi connectivity index (χ3v) is 3.44. The third kappa shape index (κ3) is 3.16. The SMILES string of the molecule is Cc1nc(C)c(Br)c(NC(C)C(C)C)n1. The molecule has 0 saturated carbocycles. The summed E-state index contributed by atoms with van der Waals surface area (Å²) in [4.78, 5) is 8.67. The van der Waals surface area contributed by atoms with Crippen molar-refractivity contribution in [3.63, 3.8) is 0 Å². The van der Waals surface area contributed by atoms with Crippen LogP contribution in [0, 0.1) is 19.8 Å². The van der Waals surface area contributed by atoms with Gasteiger partial charge in [-0.1, -0.05) is 13.8 Å². The van der Waals surface area contributed by atoms with Crippen LogP contribution >= 0.6 is 15.9 Å². The fourth-order valence-electron chi connectivity index (χ4n) is 1.18. The molecule has 1 N–H and O–H groups in total. The quantitative estimate of drug-likeness (QED) is 0.917. The molecule has 1 aromatic rings. The van der Waals surface area contributed by atoms with E-state index in [2.05, 4.69) is 52.0 Å². The second-order valence-electron chi connectivity index (χ2n) is 4.20. The van der Waals surface area contributed by atoms with Crippen LogP contribution in [0.5, 0.6) is 0 Å². The molecular weight excluding hydrogens is 254 g/mol. The average molecular weight is 272 g/mol. The maximum atomic E-state index is 4.39. The number of hydrogen-bond donors (Lipinski definition) is 1. The molecular formula is C11H18BrN3. The number of rotatable bonds is 3. The van der Waals surface area contributed by atoms with Gasteiger partial charge in [0, 0.05) is 6.04 Å². The van der Waals surface area contributed by atoms with Crippen LogP contribution in [0.3, 0.4) is 0 Å². The van der Waals surface area contributed by atoms with E-state index in [9.17, 15) is 0 Å². The topological polar surface area (TPSA) is 37.8 Å². The smallest absolute Gasteiger partial charge is 0.144 e. The molecule has 1 unspecified atom stereocenters. The fourth-order valence-corrected chi connectivity index (χ4v) is 1.47. The number of aryl methyl sites for hydroxylation is 2. The van der Waals surface area contributed by atoms with E-state index in [0.29, 0.717) is 12.0 Å². The number of aromatic nitrogens is 2. The van der Waals surface area contributed by atoms with Gasteiger partial charge in [0.1, 0.15) is 11.6 Å². The van der Waals surface area contributed by atoms with E-state index >= 15 is 0 Å². The van der Waals surface area contributed by atoms with Gasteiger partial charge in [0.15, 0.2) is 0 Å². The summed E-state index contributed by atoms with van der Waals surface area (Å²) in [6.07, 6.45) is 0. The molecule has 1 atom stereocenters. The van der Waals surface area contributed by atoms with Crippen molar-refractivity contribution in [1.82, 2.24) is 9.97 Å². The Morgan fingerprint density at radius 3 is 2.27 bits per heavy atom. The molecule has 0 saturated heterocycles. The van der Waals surface area contributed by atoms with Crippen LogP contribution in [0.4, 0.5) is 5.82 Å². The van der Waals surface area contributed by atoms with E-state index < -0.39 is 0 Å². The molecule has 4 heteroatoms. The summed E-state index contributed by atoms with van der Waals surface area (Å²) in [7, 11) is 0. The molecule has 15 heavy (non-hydrogen) atoms. The van der Waals surface area contributed by atoms with E-state index in [0.717, 1.165) is 21.8 Å². The van der Waals surface area contributed by atoms with Gasteiger partial charge in [-0.3, -0.25) is 0 Å². The van der Waals surface area contributed by atoms with Crippen molar-refractivity contribution in [1.29, 1.82) is 0 Å². The zero-order valence-electron chi connectivity index (χ0n) is 9.93. The highest BCUT2D eigenvalue weighted by Crippen LogP contribution is 2.24. The summed E-state index contributed by atoms with van der Waals surface area (Å²) in [5.74, 6) is 2.27. The molecule has 0 aliphatic carbocycles. The molecule has 0 radical (unpaired) electrons. The van der Waals surface area contributed by atoms with Crippen molar-refractivity contribution < 1.29 is 0 Å².